The van der Waals surface area contributed by atoms with Gasteiger partial charge in [0.15, 0.2) is 6.29 Å². The van der Waals surface area contributed by atoms with Crippen LogP contribution >= 0.6 is 11.6 Å². The first-order valence-electron chi connectivity index (χ1n) is 2.52. The van der Waals surface area contributed by atoms with Crippen LogP contribution < -0.4 is 0 Å². The van der Waals surface area contributed by atoms with Crippen molar-refractivity contribution in [2.45, 2.75) is 13.8 Å². The number of nitrogens with zero attached hydrogens (tertiary/aromatic N) is 1. The van der Waals surface area contributed by atoms with Gasteiger partial charge in [0.1, 0.15) is 5.70 Å². The SMILES string of the molecule is CC=N/C(C=O)=C(\C)Cl. The lowest BCUT2D eigenvalue weighted by molar-refractivity contribution is -0.104. The van der Waals surface area contributed by atoms with Crippen molar-refractivity contribution >= 4 is 24.1 Å². The number of carbonyl (C=O) groups excluding carboxylic acids is 1. The highest BCUT2D eigenvalue weighted by molar-refractivity contribution is 6.30. The second-order valence-corrected chi connectivity index (χ2v) is 1.99. The van der Waals surface area contributed by atoms with Crippen LogP contribution in [0.2, 0.25) is 0 Å². The molecule has 0 aliphatic rings. The van der Waals surface area contributed by atoms with Gasteiger partial charge < -0.3 is 0 Å². The summed E-state index contributed by atoms with van der Waals surface area (Å²) in [4.78, 5) is 13.8. The van der Waals surface area contributed by atoms with E-state index >= 15 is 0 Å². The maximum absolute atomic E-state index is 10.1. The average Bonchev–Trinajstić information content (AvgIpc) is 1.82. The van der Waals surface area contributed by atoms with Gasteiger partial charge in [0.05, 0.1) is 0 Å². The van der Waals surface area contributed by atoms with Crippen molar-refractivity contribution in [2.24, 2.45) is 4.99 Å². The van der Waals surface area contributed by atoms with Crippen molar-refractivity contribution in [1.82, 2.24) is 0 Å². The summed E-state index contributed by atoms with van der Waals surface area (Å²) in [6.07, 6.45) is 2.15. The van der Waals surface area contributed by atoms with Crippen LogP contribution in [0.25, 0.3) is 0 Å². The molecule has 9 heavy (non-hydrogen) atoms. The van der Waals surface area contributed by atoms with Crippen molar-refractivity contribution in [3.63, 3.8) is 0 Å². The highest BCUT2D eigenvalue weighted by Gasteiger charge is 1.92. The standard InChI is InChI=1S/C6H8ClNO/c1-3-8-6(4-9)5(2)7/h3-4H,1-2H3/b6-5+,8-3?. The number of carbonyl (C=O) groups is 1. The molecule has 0 atom stereocenters. The van der Waals surface area contributed by atoms with E-state index in [4.69, 9.17) is 11.6 Å². The van der Waals surface area contributed by atoms with Crippen LogP contribution in [0.1, 0.15) is 13.8 Å². The topological polar surface area (TPSA) is 29.4 Å². The summed E-state index contributed by atoms with van der Waals surface area (Å²) < 4.78 is 0. The Morgan fingerprint density at radius 2 is 2.22 bits per heavy atom. The summed E-state index contributed by atoms with van der Waals surface area (Å²) in [5.74, 6) is 0. The fourth-order valence-corrected chi connectivity index (χ4v) is 0.433. The molecule has 0 radical (unpaired) electrons. The zero-order chi connectivity index (χ0) is 7.28. The van der Waals surface area contributed by atoms with Crippen LogP contribution in [0, 0.1) is 0 Å². The molecule has 0 heterocycles. The largest absolute Gasteiger partial charge is 0.296 e. The Balaban J connectivity index is 4.34. The van der Waals surface area contributed by atoms with Crippen LogP contribution in [0.5, 0.6) is 0 Å². The molecule has 0 aromatic rings. The number of allylic oxidation sites excluding steroid dienone is 2. The minimum Gasteiger partial charge on any atom is -0.296 e. The molecule has 50 valence electrons. The van der Waals surface area contributed by atoms with Crippen LogP contribution in [-0.4, -0.2) is 12.5 Å². The Morgan fingerprint density at radius 1 is 1.67 bits per heavy atom. The highest BCUT2D eigenvalue weighted by atomic mass is 35.5. The van der Waals surface area contributed by atoms with Gasteiger partial charge in [-0.1, -0.05) is 11.6 Å². The van der Waals surface area contributed by atoms with Gasteiger partial charge in [-0.2, -0.15) is 0 Å². The van der Waals surface area contributed by atoms with Crippen molar-refractivity contribution in [3.05, 3.63) is 10.7 Å². The van der Waals surface area contributed by atoms with E-state index in [0.717, 1.165) is 0 Å². The third kappa shape index (κ3) is 3.03. The third-order valence-electron chi connectivity index (χ3n) is 0.733. The Labute approximate surface area is 59.2 Å². The van der Waals surface area contributed by atoms with Gasteiger partial charge in [-0.05, 0) is 13.8 Å². The summed E-state index contributed by atoms with van der Waals surface area (Å²) >= 11 is 5.46. The van der Waals surface area contributed by atoms with Crippen LogP contribution in [0.4, 0.5) is 0 Å². The van der Waals surface area contributed by atoms with Crippen molar-refractivity contribution in [1.29, 1.82) is 0 Å². The predicted octanol–water partition coefficient (Wildman–Crippen LogP) is 1.75. The van der Waals surface area contributed by atoms with Crippen molar-refractivity contribution < 1.29 is 4.79 Å². The summed E-state index contributed by atoms with van der Waals surface area (Å²) in [6, 6.07) is 0. The zero-order valence-electron chi connectivity index (χ0n) is 5.39. The van der Waals surface area contributed by atoms with Crippen LogP contribution in [0.15, 0.2) is 15.7 Å². The van der Waals surface area contributed by atoms with E-state index in [1.807, 2.05) is 0 Å². The fourth-order valence-electron chi connectivity index (χ4n) is 0.340. The fraction of sp³-hybridized carbons (Fsp3) is 0.333. The second-order valence-electron chi connectivity index (χ2n) is 1.42. The molecule has 0 amide bonds. The average molecular weight is 146 g/mol. The van der Waals surface area contributed by atoms with E-state index in [9.17, 15) is 4.79 Å². The summed E-state index contributed by atoms with van der Waals surface area (Å²) in [5, 5.41) is 0.420. The highest BCUT2D eigenvalue weighted by Crippen LogP contribution is 2.05. The zero-order valence-corrected chi connectivity index (χ0v) is 6.14. The smallest absolute Gasteiger partial charge is 0.169 e. The van der Waals surface area contributed by atoms with E-state index in [2.05, 4.69) is 4.99 Å². The molecule has 0 aromatic heterocycles. The van der Waals surface area contributed by atoms with E-state index in [0.29, 0.717) is 17.0 Å². The molecule has 3 heteroatoms. The molecule has 0 fully saturated rings. The first-order chi connectivity index (χ1) is 4.22. The maximum atomic E-state index is 10.1. The first kappa shape index (κ1) is 8.37. The molecule has 0 bridgehead atoms. The number of halogens is 1. The summed E-state index contributed by atoms with van der Waals surface area (Å²) in [5.41, 5.74) is 0.291. The lowest BCUT2D eigenvalue weighted by atomic mass is 10.4. The minimum atomic E-state index is 0.291. The van der Waals surface area contributed by atoms with Gasteiger partial charge in [-0.15, -0.1) is 0 Å². The number of aldehydes is 1. The second kappa shape index (κ2) is 4.27. The molecular weight excluding hydrogens is 138 g/mol. The number of aliphatic imine (C=N–C) groups is 1. The Morgan fingerprint density at radius 3 is 2.33 bits per heavy atom. The van der Waals surface area contributed by atoms with Crippen molar-refractivity contribution in [3.8, 4) is 0 Å². The maximum Gasteiger partial charge on any atom is 0.169 e. The molecular formula is C6H8ClNO. The molecule has 2 nitrogen and oxygen atoms in total. The van der Waals surface area contributed by atoms with Gasteiger partial charge >= 0.3 is 0 Å². The van der Waals surface area contributed by atoms with Gasteiger partial charge in [0.2, 0.25) is 0 Å². The minimum absolute atomic E-state index is 0.291. The molecule has 0 unspecified atom stereocenters. The first-order valence-corrected chi connectivity index (χ1v) is 2.90. The summed E-state index contributed by atoms with van der Waals surface area (Å²) in [6.45, 7) is 3.35. The molecule has 0 rings (SSSR count). The molecule has 0 aliphatic carbocycles. The van der Waals surface area contributed by atoms with E-state index in [1.165, 1.54) is 6.21 Å². The molecule has 0 saturated heterocycles. The number of hydrogen-bond donors (Lipinski definition) is 0. The number of hydrogen-bond acceptors (Lipinski definition) is 2. The predicted molar refractivity (Wildman–Crippen MR) is 38.8 cm³/mol. The van der Waals surface area contributed by atoms with Crippen LogP contribution in [0.3, 0.4) is 0 Å². The molecule has 0 spiro atoms. The molecule has 0 N–H and O–H groups in total. The van der Waals surface area contributed by atoms with Gasteiger partial charge in [-0.25, -0.2) is 0 Å². The third-order valence-corrected chi connectivity index (χ3v) is 0.926. The Kier molecular flexibility index (Phi) is 3.97. The van der Waals surface area contributed by atoms with E-state index in [1.54, 1.807) is 13.8 Å². The van der Waals surface area contributed by atoms with Gasteiger partial charge in [0, 0.05) is 11.2 Å². The normalized spacial score (nSPS) is 13.7. The van der Waals surface area contributed by atoms with E-state index < -0.39 is 0 Å². The van der Waals surface area contributed by atoms with Crippen LogP contribution in [-0.2, 0) is 4.79 Å². The van der Waals surface area contributed by atoms with Gasteiger partial charge in [-0.3, -0.25) is 9.79 Å². The lowest BCUT2D eigenvalue weighted by Gasteiger charge is -1.87. The quantitative estimate of drug-likeness (QED) is 0.331. The Bertz CT molecular complexity index is 156. The van der Waals surface area contributed by atoms with Gasteiger partial charge in [0.25, 0.3) is 0 Å². The van der Waals surface area contributed by atoms with Crippen molar-refractivity contribution in [2.75, 3.05) is 0 Å². The monoisotopic (exact) mass is 145 g/mol. The lowest BCUT2D eigenvalue weighted by Crippen LogP contribution is -1.81. The molecule has 0 aliphatic heterocycles. The summed E-state index contributed by atoms with van der Waals surface area (Å²) in [7, 11) is 0. The van der Waals surface area contributed by atoms with E-state index in [-0.39, 0.29) is 0 Å². The molecule has 0 saturated carbocycles. The number of rotatable bonds is 2. The molecule has 0 aromatic carbocycles. The Hall–Kier alpha value is -0.630.